The Labute approximate surface area is 826 Å². The molecule has 0 bridgehead atoms. The summed E-state index contributed by atoms with van der Waals surface area (Å²) in [6.07, 6.45) is 12.9. The number of carboxylic acid groups (broad SMARTS) is 1. The van der Waals surface area contributed by atoms with Gasteiger partial charge in [0.25, 0.3) is 0 Å². The highest BCUT2D eigenvalue weighted by Gasteiger charge is 2.30. The Kier molecular flexibility index (Phi) is 67.4. The molecule has 736 valence electrons. The third-order valence-corrected chi connectivity index (χ3v) is 24.5. The molecule has 6 amide bonds. The molecule has 0 fully saturated rings. The first-order valence-corrected chi connectivity index (χ1v) is 60.1. The van der Waals surface area contributed by atoms with Gasteiger partial charge in [-0.25, -0.2) is 53.7 Å². The van der Waals surface area contributed by atoms with Crippen molar-refractivity contribution in [3.05, 3.63) is 233 Å². The summed E-state index contributed by atoms with van der Waals surface area (Å²) in [6.45, 7) is 62.1. The van der Waals surface area contributed by atoms with Crippen LogP contribution in [0.15, 0.2) is 168 Å². The zero-order valence-electron chi connectivity index (χ0n) is 83.0. The normalized spacial score (nSPS) is 11.6. The van der Waals surface area contributed by atoms with Gasteiger partial charge in [0.2, 0.25) is 0 Å². The van der Waals surface area contributed by atoms with Gasteiger partial charge in [0.15, 0.2) is 0 Å². The summed E-state index contributed by atoms with van der Waals surface area (Å²) in [5, 5.41) is 37.3. The van der Waals surface area contributed by atoms with Gasteiger partial charge in [0.1, 0.15) is 25.3 Å². The molecule has 35 heteroatoms. The number of hydrogen-bond acceptors (Lipinski definition) is 22. The minimum atomic E-state index is -2.02. The highest BCUT2D eigenvalue weighted by atomic mass is 79.9. The number of methoxy groups -OCH3 is 2. The lowest BCUT2D eigenvalue weighted by Gasteiger charge is -2.26. The molecule has 0 aliphatic heterocycles. The van der Waals surface area contributed by atoms with E-state index in [0.717, 1.165) is 73.0 Å². The van der Waals surface area contributed by atoms with Crippen molar-refractivity contribution in [1.82, 2.24) is 60.9 Å². The van der Waals surface area contributed by atoms with Crippen LogP contribution in [0.5, 0.6) is 0 Å². The Bertz CT molecular complexity index is 4740. The van der Waals surface area contributed by atoms with E-state index in [1.54, 1.807) is 131 Å². The third-order valence-electron chi connectivity index (χ3n) is 16.7. The predicted molar refractivity (Wildman–Crippen MR) is 576 cm³/mol. The number of rotatable bonds is 35. The summed E-state index contributed by atoms with van der Waals surface area (Å²) < 4.78 is 31.2. The molecule has 0 unspecified atom stereocenters. The zero-order valence-corrected chi connectivity index (χ0v) is 93.1. The number of benzene rings is 3. The minimum Gasteiger partial charge on any atom is -0.480 e. The lowest BCUT2D eigenvalue weighted by atomic mass is 10.1. The molecule has 7 N–H and O–H groups in total. The van der Waals surface area contributed by atoms with Crippen LogP contribution in [-0.2, 0) is 65.0 Å². The molecule has 3 aromatic carbocycles. The number of ether oxygens (including phenoxy) is 2. The molecule has 0 saturated heterocycles. The molecule has 0 saturated carbocycles. The fourth-order valence-corrected chi connectivity index (χ4v) is 15.3. The van der Waals surface area contributed by atoms with Gasteiger partial charge >= 0.3 is 36.0 Å². The van der Waals surface area contributed by atoms with Crippen LogP contribution in [0.3, 0.4) is 0 Å². The van der Waals surface area contributed by atoms with Crippen LogP contribution < -0.4 is 32.3 Å². The van der Waals surface area contributed by atoms with E-state index in [4.69, 9.17) is 26.8 Å². The topological polar surface area (TPSA) is 324 Å². The second-order valence-electron chi connectivity index (χ2n) is 34.3. The van der Waals surface area contributed by atoms with Crippen molar-refractivity contribution in [3.63, 3.8) is 0 Å². The summed E-state index contributed by atoms with van der Waals surface area (Å²) in [6, 6.07) is 25.9. The second-order valence-corrected chi connectivity index (χ2v) is 54.0. The molecule has 8 rings (SSSR count). The van der Waals surface area contributed by atoms with Gasteiger partial charge in [0.05, 0.1) is 100 Å². The van der Waals surface area contributed by atoms with Gasteiger partial charge in [-0.3, -0.25) is 0 Å². The van der Waals surface area contributed by atoms with Crippen molar-refractivity contribution in [1.29, 1.82) is 0 Å². The van der Waals surface area contributed by atoms with E-state index in [9.17, 15) is 43.0 Å². The van der Waals surface area contributed by atoms with Crippen LogP contribution in [0.2, 0.25) is 0 Å². The van der Waals surface area contributed by atoms with Gasteiger partial charge in [0, 0.05) is 101 Å². The Morgan fingerprint density at radius 2 is 0.742 bits per heavy atom. The molecule has 132 heavy (non-hydrogen) atoms. The Morgan fingerprint density at radius 3 is 0.977 bits per heavy atom. The number of carbonyl (C=O) groups is 6. The monoisotopic (exact) mass is 2070 g/mol. The fraction of sp³-hybridized carbons (Fsp3) is 0.495. The van der Waals surface area contributed by atoms with Crippen molar-refractivity contribution >= 4 is 167 Å². The molecule has 8 aromatic rings. The number of thiazole rings is 5. The SMILES string of the molecule is C=CCN.C=CCN(Cc1csc(C(C)C)n1)C(=O)N[C@H](C(=O)OC)C(C)C.C=CCNCc1csc(C(C)C)n1.CBr.CC(C)c1nc(CCl)cs1.CC(C)c1nc(CN(C/C=C/c2ccccc2)C(=O)N[C@H](C(=O)O)C(C)C)cs1.COC(=O)[C@@H](NC(=O)N(C/C=C/c1ccccc1)Cc1csc(C(C)C)n1)C(C)C.CP(C)(=O)c1ccccc1.CP(C)(C)=O.CP(C)(C)=P. The number of nitrogens with one attached hydrogen (secondary N) is 4. The number of hydrogen-bond donors (Lipinski definition) is 6. The van der Waals surface area contributed by atoms with Gasteiger partial charge in [-0.15, -0.1) is 96.5 Å². The lowest BCUT2D eigenvalue weighted by Crippen LogP contribution is -2.50. The molecule has 5 aromatic heterocycles. The Balaban J connectivity index is 0. The largest absolute Gasteiger partial charge is 0.480 e. The number of carboxylic acids is 1. The summed E-state index contributed by atoms with van der Waals surface area (Å²) in [5.41, 5.74) is 11.6. The van der Waals surface area contributed by atoms with Gasteiger partial charge < -0.3 is 65.4 Å². The van der Waals surface area contributed by atoms with E-state index in [2.05, 4.69) is 185 Å². The number of nitrogens with zero attached hydrogens (tertiary/aromatic N) is 8. The maximum absolute atomic E-state index is 13.0. The van der Waals surface area contributed by atoms with Crippen molar-refractivity contribution < 1.29 is 52.5 Å². The number of nitrogens with two attached hydrogens (primary N) is 1. The number of amides is 6. The van der Waals surface area contributed by atoms with Gasteiger partial charge in [-0.1, -0.05) is 267 Å². The first kappa shape index (κ1) is 127. The smallest absolute Gasteiger partial charge is 0.328 e. The zero-order chi connectivity index (χ0) is 101. The highest BCUT2D eigenvalue weighted by Crippen LogP contribution is 2.37. The molecule has 0 spiro atoms. The number of esters is 2. The van der Waals surface area contributed by atoms with Crippen LogP contribution in [0.25, 0.3) is 12.2 Å². The molecular weight excluding hydrogens is 1920 g/mol. The Hall–Kier alpha value is -7.39. The number of carbonyl (C=O) groups excluding carboxylic acids is 5. The molecule has 3 atom stereocenters. The molecule has 0 aliphatic rings. The number of aliphatic carboxylic acids is 1. The quantitative estimate of drug-likeness (QED) is 0.00706. The summed E-state index contributed by atoms with van der Waals surface area (Å²) in [7, 11) is 2.51. The maximum Gasteiger partial charge on any atom is 0.328 e. The van der Waals surface area contributed by atoms with Crippen molar-refractivity contribution in [2.75, 3.05) is 106 Å². The van der Waals surface area contributed by atoms with Crippen molar-refractivity contribution in [3.8, 4) is 0 Å². The minimum absolute atomic E-state index is 0.0706. The van der Waals surface area contributed by atoms with E-state index < -0.39 is 62.9 Å². The van der Waals surface area contributed by atoms with E-state index in [1.807, 2.05) is 176 Å². The number of halogens is 2. The maximum atomic E-state index is 13.0. The Morgan fingerprint density at radius 1 is 0.470 bits per heavy atom. The predicted octanol–water partition coefficient (Wildman–Crippen LogP) is 24.3. The summed E-state index contributed by atoms with van der Waals surface area (Å²) >= 11 is 16.7. The van der Waals surface area contributed by atoms with E-state index in [-0.39, 0.29) is 29.8 Å². The van der Waals surface area contributed by atoms with E-state index in [0.29, 0.717) is 81.3 Å². The average molecular weight is 2080 g/mol. The number of alkyl halides is 2. The first-order chi connectivity index (χ1) is 61.9. The van der Waals surface area contributed by atoms with Crippen LogP contribution in [0, 0.1) is 17.8 Å². The molecule has 0 radical (unpaired) electrons. The molecule has 24 nitrogen and oxygen atoms in total. The second kappa shape index (κ2) is 70.3. The molecular formula is C97H153BrClN13O11P4S5. The number of aromatic nitrogens is 5. The lowest BCUT2D eigenvalue weighted by molar-refractivity contribution is -0.144. The summed E-state index contributed by atoms with van der Waals surface area (Å²) in [5.74, 6) is 2.12. The van der Waals surface area contributed by atoms with Crippen molar-refractivity contribution in [2.45, 2.75) is 191 Å². The van der Waals surface area contributed by atoms with Crippen molar-refractivity contribution in [2.24, 2.45) is 23.5 Å². The van der Waals surface area contributed by atoms with Crippen LogP contribution in [0.4, 0.5) is 14.4 Å². The first-order valence-electron chi connectivity index (χ1n) is 43.4. The fourth-order valence-electron chi connectivity index (χ4n) is 9.99. The highest BCUT2D eigenvalue weighted by molar-refractivity contribution is 9.08. The van der Waals surface area contributed by atoms with Gasteiger partial charge in [-0.2, -0.15) is 0 Å². The van der Waals surface area contributed by atoms with Crippen LogP contribution in [-0.4, -0.2) is 205 Å². The standard InChI is InChI=1S/C23H31N3O3S.C22H29N3O3S.C17H27N3O3S.C10H16N2S.C8H11OP.C7H10ClNS.C3H7N.C3H9OP.C3H10P2.CH3Br/c1-16(2)20(22(27)29-5)25-23(28)26(13-9-12-18-10-7-6-8-11-18)14-19-15-30-21(24-19)17(3)4;1-15(2)19(21(26)27)24-22(28)25(12-8-11-17-9-6-5-7-10-17)13-18-14-29-20(23-18)16(3)4;1-7-8-20(9-13-10-24-15(18-13)12(4)5)17(22)19-14(11(2)3)16(21)23-6;1-4-5-11-6-9-7-13-10(12-9)8(2)3;1-10(2,9)8-6-4-3-5-7-8;1-5(2)7-9-6(3-8)4-10-7;1-2-3-4;2*1-5(2,3)4;1-2/h6-12,15-17,20H,13-14H2,1-5H3,(H,25,28);5-11,14-16,19H,12-13H2,1-4H3,(H,24,28)(H,26,27);7,10-12,14H,1,8-9H2,2-6H3,(H,19,22);4,7-8,11H,1,5-6H2,2-3H3;3-7H,1-2H3;4-5H,3H2,1-2H3;2H,1,3-4H2;1-3H3;4H,1-3H3;1H3/b12-9+;11-8+;;;;;;;;/t20-;19-;14-;;;;;;;/m000......./s1. The van der Waals surface area contributed by atoms with Crippen LogP contribution >= 0.6 is 114 Å². The van der Waals surface area contributed by atoms with Crippen LogP contribution in [0.1, 0.15) is 205 Å². The van der Waals surface area contributed by atoms with E-state index >= 15 is 0 Å². The number of urea groups is 3. The van der Waals surface area contributed by atoms with Gasteiger partial charge in [-0.05, 0) is 88.0 Å². The third kappa shape index (κ3) is 59.5. The molecule has 5 heterocycles. The average Bonchev–Trinajstić information content (AvgIpc) is 1.52. The summed E-state index contributed by atoms with van der Waals surface area (Å²) in [4.78, 5) is 101. The van der Waals surface area contributed by atoms with E-state index in [1.165, 1.54) is 24.2 Å². The molecule has 0 aliphatic carbocycles.